The van der Waals surface area contributed by atoms with E-state index in [1.807, 2.05) is 25.1 Å². The van der Waals surface area contributed by atoms with Crippen molar-refractivity contribution in [2.75, 3.05) is 36.4 Å². The fraction of sp³-hybridized carbons (Fsp3) is 0.632. The molecule has 132 valence electrons. The standard InChI is InChI=1S/C19H29N3O2/c1-15-10-13-22(14-18(15)23)19(24)20-16-8-4-5-9-17(16)21-11-6-2-3-7-12-21/h4-5,8-9,15,18,23H,2-3,6-7,10-14H2,1H3,(H,20,24). The van der Waals surface area contributed by atoms with E-state index in [4.69, 9.17) is 0 Å². The van der Waals surface area contributed by atoms with Crippen molar-refractivity contribution < 1.29 is 9.90 Å². The molecule has 0 aliphatic carbocycles. The van der Waals surface area contributed by atoms with Crippen LogP contribution in [-0.2, 0) is 0 Å². The Balaban J connectivity index is 1.69. The number of benzene rings is 1. The maximum atomic E-state index is 12.6. The van der Waals surface area contributed by atoms with Gasteiger partial charge in [-0.15, -0.1) is 0 Å². The van der Waals surface area contributed by atoms with Crippen molar-refractivity contribution in [2.24, 2.45) is 5.92 Å². The highest BCUT2D eigenvalue weighted by Gasteiger charge is 2.27. The molecule has 2 unspecified atom stereocenters. The van der Waals surface area contributed by atoms with Crippen molar-refractivity contribution in [3.8, 4) is 0 Å². The summed E-state index contributed by atoms with van der Waals surface area (Å²) in [6, 6.07) is 7.95. The summed E-state index contributed by atoms with van der Waals surface area (Å²) in [5, 5.41) is 13.1. The Morgan fingerprint density at radius 3 is 2.54 bits per heavy atom. The third-order valence-corrected chi connectivity index (χ3v) is 5.30. The third-order valence-electron chi connectivity index (χ3n) is 5.30. The smallest absolute Gasteiger partial charge is 0.321 e. The largest absolute Gasteiger partial charge is 0.391 e. The van der Waals surface area contributed by atoms with Crippen LogP contribution in [0, 0.1) is 5.92 Å². The number of urea groups is 1. The summed E-state index contributed by atoms with van der Waals surface area (Å²) in [6.45, 7) is 5.25. The Kier molecular flexibility index (Phi) is 5.61. The Hall–Kier alpha value is -1.75. The SMILES string of the molecule is CC1CCN(C(=O)Nc2ccccc2N2CCCCCC2)CC1O. The summed E-state index contributed by atoms with van der Waals surface area (Å²) in [5.74, 6) is 0.262. The first kappa shape index (κ1) is 17.1. The number of para-hydroxylation sites is 2. The Labute approximate surface area is 144 Å². The first-order chi connectivity index (χ1) is 11.6. The highest BCUT2D eigenvalue weighted by molar-refractivity contribution is 5.93. The number of piperidine rings is 1. The number of hydrogen-bond acceptors (Lipinski definition) is 3. The molecule has 2 amide bonds. The number of aliphatic hydroxyl groups is 1. The summed E-state index contributed by atoms with van der Waals surface area (Å²) in [7, 11) is 0. The lowest BCUT2D eigenvalue weighted by atomic mass is 9.96. The normalized spacial score (nSPS) is 25.2. The van der Waals surface area contributed by atoms with Crippen molar-refractivity contribution >= 4 is 17.4 Å². The molecule has 3 rings (SSSR count). The van der Waals surface area contributed by atoms with E-state index in [1.54, 1.807) is 4.90 Å². The van der Waals surface area contributed by atoms with Crippen LogP contribution in [0.25, 0.3) is 0 Å². The topological polar surface area (TPSA) is 55.8 Å². The van der Waals surface area contributed by atoms with Crippen molar-refractivity contribution in [3.05, 3.63) is 24.3 Å². The number of anilines is 2. The van der Waals surface area contributed by atoms with Crippen molar-refractivity contribution in [1.82, 2.24) is 4.90 Å². The molecule has 2 N–H and O–H groups in total. The van der Waals surface area contributed by atoms with Crippen LogP contribution in [0.3, 0.4) is 0 Å². The number of carbonyl (C=O) groups excluding carboxylic acids is 1. The van der Waals surface area contributed by atoms with E-state index >= 15 is 0 Å². The maximum Gasteiger partial charge on any atom is 0.321 e. The van der Waals surface area contributed by atoms with Crippen LogP contribution in [-0.4, -0.2) is 48.3 Å². The van der Waals surface area contributed by atoms with Crippen LogP contribution in [0.5, 0.6) is 0 Å². The van der Waals surface area contributed by atoms with Crippen LogP contribution in [0.4, 0.5) is 16.2 Å². The molecule has 0 spiro atoms. The Morgan fingerprint density at radius 2 is 1.83 bits per heavy atom. The van der Waals surface area contributed by atoms with E-state index in [9.17, 15) is 9.90 Å². The summed E-state index contributed by atoms with van der Waals surface area (Å²) in [6.07, 6.45) is 5.41. The number of rotatable bonds is 2. The molecule has 2 aliphatic heterocycles. The molecule has 5 nitrogen and oxygen atoms in total. The van der Waals surface area contributed by atoms with E-state index in [0.29, 0.717) is 13.1 Å². The van der Waals surface area contributed by atoms with Gasteiger partial charge in [0.25, 0.3) is 0 Å². The molecule has 2 atom stereocenters. The lowest BCUT2D eigenvalue weighted by Crippen LogP contribution is -2.47. The lowest BCUT2D eigenvalue weighted by Gasteiger charge is -2.34. The molecular weight excluding hydrogens is 302 g/mol. The fourth-order valence-electron chi connectivity index (χ4n) is 3.59. The van der Waals surface area contributed by atoms with Gasteiger partial charge in [-0.2, -0.15) is 0 Å². The second-order valence-electron chi connectivity index (χ2n) is 7.13. The zero-order valence-corrected chi connectivity index (χ0v) is 14.6. The highest BCUT2D eigenvalue weighted by Crippen LogP contribution is 2.28. The van der Waals surface area contributed by atoms with Crippen LogP contribution >= 0.6 is 0 Å². The van der Waals surface area contributed by atoms with Gasteiger partial charge < -0.3 is 20.2 Å². The first-order valence-electron chi connectivity index (χ1n) is 9.23. The summed E-state index contributed by atoms with van der Waals surface area (Å²) in [5.41, 5.74) is 1.98. The van der Waals surface area contributed by atoms with Gasteiger partial charge in [0.2, 0.25) is 0 Å². The average Bonchev–Trinajstić information content (AvgIpc) is 2.87. The number of amides is 2. The molecule has 2 aliphatic rings. The quantitative estimate of drug-likeness (QED) is 0.874. The number of carbonyl (C=O) groups is 1. The summed E-state index contributed by atoms with van der Waals surface area (Å²) >= 11 is 0. The second-order valence-corrected chi connectivity index (χ2v) is 7.13. The highest BCUT2D eigenvalue weighted by atomic mass is 16.3. The molecule has 2 fully saturated rings. The number of likely N-dealkylation sites (tertiary alicyclic amines) is 1. The van der Waals surface area contributed by atoms with Gasteiger partial charge in [0.05, 0.1) is 17.5 Å². The molecule has 0 radical (unpaired) electrons. The zero-order valence-electron chi connectivity index (χ0n) is 14.6. The minimum atomic E-state index is -0.426. The molecule has 24 heavy (non-hydrogen) atoms. The van der Waals surface area contributed by atoms with Crippen LogP contribution in [0.2, 0.25) is 0 Å². The number of aliphatic hydroxyl groups excluding tert-OH is 1. The number of hydrogen-bond donors (Lipinski definition) is 2. The number of β-amino-alcohol motifs (C(OH)–C–C–N with tert-alkyl or cyclic N) is 1. The van der Waals surface area contributed by atoms with Crippen LogP contribution < -0.4 is 10.2 Å². The van der Waals surface area contributed by atoms with E-state index in [0.717, 1.165) is 30.9 Å². The first-order valence-corrected chi connectivity index (χ1v) is 9.23. The molecule has 2 heterocycles. The van der Waals surface area contributed by atoms with Crippen molar-refractivity contribution in [1.29, 1.82) is 0 Å². The predicted molar refractivity (Wildman–Crippen MR) is 97.5 cm³/mol. The maximum absolute atomic E-state index is 12.6. The van der Waals surface area contributed by atoms with Gasteiger partial charge in [-0.1, -0.05) is 31.9 Å². The number of nitrogens with one attached hydrogen (secondary N) is 1. The summed E-state index contributed by atoms with van der Waals surface area (Å²) < 4.78 is 0. The monoisotopic (exact) mass is 331 g/mol. The molecule has 1 aromatic carbocycles. The minimum absolute atomic E-state index is 0.108. The molecule has 0 aromatic heterocycles. The summed E-state index contributed by atoms with van der Waals surface area (Å²) in [4.78, 5) is 16.7. The average molecular weight is 331 g/mol. The van der Waals surface area contributed by atoms with Crippen LogP contribution in [0.1, 0.15) is 39.0 Å². The molecular formula is C19H29N3O2. The van der Waals surface area contributed by atoms with Crippen molar-refractivity contribution in [2.45, 2.75) is 45.1 Å². The van der Waals surface area contributed by atoms with Gasteiger partial charge >= 0.3 is 6.03 Å². The van der Waals surface area contributed by atoms with Gasteiger partial charge in [-0.05, 0) is 37.3 Å². The van der Waals surface area contributed by atoms with Gasteiger partial charge in [0.1, 0.15) is 0 Å². The van der Waals surface area contributed by atoms with Gasteiger partial charge in [0.15, 0.2) is 0 Å². The zero-order chi connectivity index (χ0) is 16.9. The molecule has 1 aromatic rings. The Bertz CT molecular complexity index is 555. The molecule has 0 saturated carbocycles. The Morgan fingerprint density at radius 1 is 1.12 bits per heavy atom. The predicted octanol–water partition coefficient (Wildman–Crippen LogP) is 3.30. The fourth-order valence-corrected chi connectivity index (χ4v) is 3.59. The van der Waals surface area contributed by atoms with E-state index in [-0.39, 0.29) is 11.9 Å². The molecule has 5 heteroatoms. The van der Waals surface area contributed by atoms with Crippen LogP contribution in [0.15, 0.2) is 24.3 Å². The second kappa shape index (κ2) is 7.88. The van der Waals surface area contributed by atoms with E-state index in [1.165, 1.54) is 25.7 Å². The minimum Gasteiger partial charge on any atom is -0.391 e. The van der Waals surface area contributed by atoms with Gasteiger partial charge in [0, 0.05) is 26.2 Å². The van der Waals surface area contributed by atoms with E-state index < -0.39 is 6.10 Å². The number of nitrogens with zero attached hydrogens (tertiary/aromatic N) is 2. The lowest BCUT2D eigenvalue weighted by molar-refractivity contribution is 0.0464. The van der Waals surface area contributed by atoms with E-state index in [2.05, 4.69) is 16.3 Å². The van der Waals surface area contributed by atoms with Gasteiger partial charge in [-0.3, -0.25) is 0 Å². The van der Waals surface area contributed by atoms with Gasteiger partial charge in [-0.25, -0.2) is 4.79 Å². The molecule has 2 saturated heterocycles. The van der Waals surface area contributed by atoms with Crippen molar-refractivity contribution in [3.63, 3.8) is 0 Å². The molecule has 0 bridgehead atoms. The third kappa shape index (κ3) is 4.01.